The van der Waals surface area contributed by atoms with Crippen LogP contribution in [0.1, 0.15) is 5.56 Å². The summed E-state index contributed by atoms with van der Waals surface area (Å²) >= 11 is 6.09. The Labute approximate surface area is 238 Å². The summed E-state index contributed by atoms with van der Waals surface area (Å²) in [6.45, 7) is 1.17. The third-order valence-corrected chi connectivity index (χ3v) is 9.52. The van der Waals surface area contributed by atoms with Gasteiger partial charge in [-0.15, -0.1) is 0 Å². The number of hydrogen-bond donors (Lipinski definition) is 2. The molecule has 2 N–H and O–H groups in total. The summed E-state index contributed by atoms with van der Waals surface area (Å²) in [5.41, 5.74) is 1.49. The second kappa shape index (κ2) is 12.0. The second-order valence-electron chi connectivity index (χ2n) is 8.61. The van der Waals surface area contributed by atoms with Gasteiger partial charge in [-0.25, -0.2) is 16.8 Å². The summed E-state index contributed by atoms with van der Waals surface area (Å²) in [6.07, 6.45) is 0. The number of sulfonamides is 2. The van der Waals surface area contributed by atoms with E-state index in [2.05, 4.69) is 10.0 Å². The van der Waals surface area contributed by atoms with Crippen LogP contribution in [0.2, 0.25) is 5.02 Å². The van der Waals surface area contributed by atoms with E-state index in [1.54, 1.807) is 67.6 Å². The molecule has 0 bridgehead atoms. The Morgan fingerprint density at radius 1 is 0.825 bits per heavy atom. The van der Waals surface area contributed by atoms with Crippen molar-refractivity contribution in [2.24, 2.45) is 0 Å². The van der Waals surface area contributed by atoms with Crippen LogP contribution in [0.25, 0.3) is 0 Å². The predicted molar refractivity (Wildman–Crippen MR) is 156 cm³/mol. The van der Waals surface area contributed by atoms with Gasteiger partial charge in [0, 0.05) is 10.7 Å². The van der Waals surface area contributed by atoms with Crippen molar-refractivity contribution in [2.45, 2.75) is 16.7 Å². The maximum absolute atomic E-state index is 13.5. The fourth-order valence-corrected chi connectivity index (χ4v) is 6.49. The van der Waals surface area contributed by atoms with Gasteiger partial charge in [0.1, 0.15) is 12.3 Å². The van der Waals surface area contributed by atoms with Gasteiger partial charge in [-0.05, 0) is 85.3 Å². The van der Waals surface area contributed by atoms with Gasteiger partial charge in [-0.3, -0.25) is 13.8 Å². The predicted octanol–water partition coefficient (Wildman–Crippen LogP) is 5.29. The molecule has 0 aromatic heterocycles. The zero-order valence-corrected chi connectivity index (χ0v) is 23.9. The van der Waals surface area contributed by atoms with Gasteiger partial charge in [-0.1, -0.05) is 35.9 Å². The molecular weight excluding hydrogens is 574 g/mol. The van der Waals surface area contributed by atoms with E-state index < -0.39 is 32.5 Å². The summed E-state index contributed by atoms with van der Waals surface area (Å²) in [4.78, 5) is 13.0. The molecule has 0 aliphatic carbocycles. The minimum atomic E-state index is -4.09. The van der Waals surface area contributed by atoms with E-state index in [1.165, 1.54) is 43.5 Å². The van der Waals surface area contributed by atoms with Gasteiger partial charge in [0.15, 0.2) is 0 Å². The molecule has 0 aliphatic rings. The lowest BCUT2D eigenvalue weighted by Crippen LogP contribution is -2.38. The van der Waals surface area contributed by atoms with Crippen LogP contribution < -0.4 is 19.1 Å². The number of carbonyl (C=O) groups is 1. The van der Waals surface area contributed by atoms with Crippen molar-refractivity contribution in [3.63, 3.8) is 0 Å². The summed E-state index contributed by atoms with van der Waals surface area (Å²) in [5.74, 6) is -0.0982. The van der Waals surface area contributed by atoms with Crippen molar-refractivity contribution in [1.29, 1.82) is 0 Å². The third kappa shape index (κ3) is 6.56. The zero-order valence-electron chi connectivity index (χ0n) is 21.5. The number of nitrogens with one attached hydrogen (secondary N) is 2. The van der Waals surface area contributed by atoms with Crippen molar-refractivity contribution in [3.05, 3.63) is 108 Å². The molecule has 0 heterocycles. The maximum Gasteiger partial charge on any atom is 0.264 e. The van der Waals surface area contributed by atoms with Crippen LogP contribution in [0.4, 0.5) is 17.1 Å². The topological polar surface area (TPSA) is 122 Å². The lowest BCUT2D eigenvalue weighted by Gasteiger charge is -2.24. The highest BCUT2D eigenvalue weighted by Crippen LogP contribution is 2.27. The number of amides is 1. The molecule has 208 valence electrons. The Balaban J connectivity index is 1.53. The summed E-state index contributed by atoms with van der Waals surface area (Å²) in [6, 6.07) is 24.5. The SMILES string of the molecule is COc1ccc(N(CC(=O)Nc2ccc(S(=O)(=O)Nc3cccc(Cl)c3C)cc2)S(=O)(=O)c2ccccc2)cc1. The van der Waals surface area contributed by atoms with Crippen molar-refractivity contribution in [3.8, 4) is 5.75 Å². The van der Waals surface area contributed by atoms with E-state index in [0.29, 0.717) is 22.0 Å². The summed E-state index contributed by atoms with van der Waals surface area (Å²) < 4.78 is 61.3. The smallest absolute Gasteiger partial charge is 0.264 e. The van der Waals surface area contributed by atoms with Crippen molar-refractivity contribution in [1.82, 2.24) is 0 Å². The highest BCUT2D eigenvalue weighted by molar-refractivity contribution is 7.93. The van der Waals surface area contributed by atoms with Crippen LogP contribution in [0.5, 0.6) is 5.75 Å². The second-order valence-corrected chi connectivity index (χ2v) is 12.6. The van der Waals surface area contributed by atoms with Gasteiger partial charge in [0.05, 0.1) is 28.3 Å². The quantitative estimate of drug-likeness (QED) is 0.255. The van der Waals surface area contributed by atoms with Crippen LogP contribution in [0.3, 0.4) is 0 Å². The molecule has 4 rings (SSSR count). The molecule has 40 heavy (non-hydrogen) atoms. The number of halogens is 1. The molecule has 0 fully saturated rings. The van der Waals surface area contributed by atoms with Gasteiger partial charge in [0.25, 0.3) is 20.0 Å². The van der Waals surface area contributed by atoms with E-state index in [4.69, 9.17) is 16.3 Å². The Bertz CT molecular complexity index is 1710. The molecule has 4 aromatic rings. The van der Waals surface area contributed by atoms with Crippen molar-refractivity contribution >= 4 is 54.6 Å². The molecule has 0 saturated heterocycles. The fraction of sp³-hybridized carbons (Fsp3) is 0.107. The van der Waals surface area contributed by atoms with E-state index in [-0.39, 0.29) is 21.2 Å². The lowest BCUT2D eigenvalue weighted by molar-refractivity contribution is -0.114. The average molecular weight is 600 g/mol. The molecular formula is C28H26ClN3O6S2. The molecule has 9 nitrogen and oxygen atoms in total. The van der Waals surface area contributed by atoms with Crippen LogP contribution in [-0.4, -0.2) is 36.4 Å². The highest BCUT2D eigenvalue weighted by Gasteiger charge is 2.27. The molecule has 12 heteroatoms. The monoisotopic (exact) mass is 599 g/mol. The van der Waals surface area contributed by atoms with Gasteiger partial charge >= 0.3 is 0 Å². The molecule has 0 atom stereocenters. The Morgan fingerprint density at radius 2 is 1.48 bits per heavy atom. The standard InChI is InChI=1S/C28H26ClN3O6S2/c1-20-26(29)9-6-10-27(20)31-39(34,35)24-17-11-21(12-18-24)30-28(33)19-32(22-13-15-23(38-2)16-14-22)40(36,37)25-7-4-3-5-8-25/h3-18,31H,19H2,1-2H3,(H,30,33). The van der Waals surface area contributed by atoms with E-state index in [0.717, 1.165) is 4.31 Å². The maximum atomic E-state index is 13.5. The molecule has 4 aromatic carbocycles. The number of carbonyl (C=O) groups excluding carboxylic acids is 1. The minimum absolute atomic E-state index is 0.0237. The number of methoxy groups -OCH3 is 1. The first kappa shape index (κ1) is 28.9. The zero-order chi connectivity index (χ0) is 28.9. The molecule has 0 spiro atoms. The van der Waals surface area contributed by atoms with E-state index >= 15 is 0 Å². The molecule has 0 aliphatic heterocycles. The minimum Gasteiger partial charge on any atom is -0.497 e. The fourth-order valence-electron chi connectivity index (χ4n) is 3.75. The van der Waals surface area contributed by atoms with Crippen LogP contribution >= 0.6 is 11.6 Å². The Kier molecular flexibility index (Phi) is 8.67. The Morgan fingerprint density at radius 3 is 2.10 bits per heavy atom. The number of benzene rings is 4. The van der Waals surface area contributed by atoms with Crippen molar-refractivity contribution in [2.75, 3.05) is 28.0 Å². The van der Waals surface area contributed by atoms with Crippen LogP contribution in [-0.2, 0) is 24.8 Å². The van der Waals surface area contributed by atoms with Crippen LogP contribution in [0, 0.1) is 6.92 Å². The van der Waals surface area contributed by atoms with Crippen LogP contribution in [0.15, 0.2) is 107 Å². The number of nitrogens with zero attached hydrogens (tertiary/aromatic N) is 1. The number of anilines is 3. The average Bonchev–Trinajstić information content (AvgIpc) is 2.95. The van der Waals surface area contributed by atoms with E-state index in [9.17, 15) is 21.6 Å². The number of ether oxygens (including phenoxy) is 1. The molecule has 0 saturated carbocycles. The van der Waals surface area contributed by atoms with Crippen molar-refractivity contribution < 1.29 is 26.4 Å². The normalized spacial score (nSPS) is 11.5. The largest absolute Gasteiger partial charge is 0.497 e. The number of rotatable bonds is 10. The molecule has 1 amide bonds. The van der Waals surface area contributed by atoms with Gasteiger partial charge in [-0.2, -0.15) is 0 Å². The van der Waals surface area contributed by atoms with Gasteiger partial charge < -0.3 is 10.1 Å². The first-order chi connectivity index (χ1) is 19.0. The first-order valence-electron chi connectivity index (χ1n) is 11.9. The van der Waals surface area contributed by atoms with E-state index in [1.807, 2.05) is 0 Å². The first-order valence-corrected chi connectivity index (χ1v) is 15.2. The number of hydrogen-bond acceptors (Lipinski definition) is 6. The van der Waals surface area contributed by atoms with Gasteiger partial charge in [0.2, 0.25) is 5.91 Å². The summed E-state index contributed by atoms with van der Waals surface area (Å²) in [5, 5.41) is 3.06. The Hall–Kier alpha value is -4.06. The third-order valence-electron chi connectivity index (χ3n) is 5.94. The highest BCUT2D eigenvalue weighted by atomic mass is 35.5. The summed E-state index contributed by atoms with van der Waals surface area (Å²) in [7, 11) is -6.52. The molecule has 0 unspecified atom stereocenters. The lowest BCUT2D eigenvalue weighted by atomic mass is 10.2. The molecule has 0 radical (unpaired) electrons.